The highest BCUT2D eigenvalue weighted by atomic mass is 19.1. The summed E-state index contributed by atoms with van der Waals surface area (Å²) in [7, 11) is 1.61. The normalized spacial score (nSPS) is 11.1. The van der Waals surface area contributed by atoms with Crippen LogP contribution in [0.5, 0.6) is 5.75 Å². The van der Waals surface area contributed by atoms with E-state index in [-0.39, 0.29) is 12.5 Å². The first-order valence-electron chi connectivity index (χ1n) is 10.5. The van der Waals surface area contributed by atoms with Crippen LogP contribution in [0.15, 0.2) is 72.9 Å². The molecule has 7 heteroatoms. The number of ether oxygens (including phenoxy) is 1. The maximum absolute atomic E-state index is 13.5. The fraction of sp³-hybridized carbons (Fsp3) is 0.115. The van der Waals surface area contributed by atoms with Gasteiger partial charge in [-0.3, -0.25) is 14.5 Å². The number of benzene rings is 3. The Kier molecular flexibility index (Phi) is 5.22. The van der Waals surface area contributed by atoms with Crippen LogP contribution in [-0.4, -0.2) is 27.8 Å². The van der Waals surface area contributed by atoms with Crippen molar-refractivity contribution in [2.24, 2.45) is 0 Å². The zero-order chi connectivity index (χ0) is 22.9. The number of nitrogens with zero attached hydrogens (tertiary/aromatic N) is 3. The molecule has 0 fully saturated rings. The third-order valence-electron chi connectivity index (χ3n) is 5.51. The molecule has 0 spiro atoms. The number of carbonyl (C=O) groups is 1. The number of rotatable bonds is 5. The second-order valence-electron chi connectivity index (χ2n) is 7.83. The maximum atomic E-state index is 13.5. The summed E-state index contributed by atoms with van der Waals surface area (Å²) in [5, 5.41) is 9.20. The fourth-order valence-corrected chi connectivity index (χ4v) is 3.90. The summed E-state index contributed by atoms with van der Waals surface area (Å²) >= 11 is 0. The molecule has 0 aliphatic carbocycles. The first-order valence-corrected chi connectivity index (χ1v) is 10.5. The van der Waals surface area contributed by atoms with Gasteiger partial charge in [0.25, 0.3) is 0 Å². The number of nitrogens with one attached hydrogen (secondary N) is 1. The van der Waals surface area contributed by atoms with Crippen LogP contribution in [-0.2, 0) is 11.3 Å². The number of fused-ring (bicyclic) bond motifs is 3. The minimum atomic E-state index is -0.414. The van der Waals surface area contributed by atoms with Crippen molar-refractivity contribution in [3.63, 3.8) is 0 Å². The van der Waals surface area contributed by atoms with E-state index in [0.717, 1.165) is 38.6 Å². The van der Waals surface area contributed by atoms with Crippen molar-refractivity contribution in [1.82, 2.24) is 14.8 Å². The molecule has 6 nitrogen and oxygen atoms in total. The quantitative estimate of drug-likeness (QED) is 0.400. The molecular weight excluding hydrogens is 419 g/mol. The largest absolute Gasteiger partial charge is 0.497 e. The molecule has 2 aromatic heterocycles. The minimum absolute atomic E-state index is 0.0464. The first-order chi connectivity index (χ1) is 16.0. The number of carbonyl (C=O) groups excluding carboxylic acids is 1. The smallest absolute Gasteiger partial charge is 0.246 e. The Morgan fingerprint density at radius 1 is 1.06 bits per heavy atom. The highest BCUT2D eigenvalue weighted by molar-refractivity contribution is 6.09. The number of pyridine rings is 1. The first kappa shape index (κ1) is 20.6. The van der Waals surface area contributed by atoms with Gasteiger partial charge in [0.2, 0.25) is 5.91 Å². The van der Waals surface area contributed by atoms with Crippen LogP contribution >= 0.6 is 0 Å². The van der Waals surface area contributed by atoms with Crippen molar-refractivity contribution in [3.05, 3.63) is 84.3 Å². The lowest BCUT2D eigenvalue weighted by Crippen LogP contribution is -2.19. The molecule has 164 valence electrons. The molecule has 0 bridgehead atoms. The van der Waals surface area contributed by atoms with Gasteiger partial charge in [0.05, 0.1) is 18.1 Å². The van der Waals surface area contributed by atoms with Gasteiger partial charge in [-0.1, -0.05) is 35.9 Å². The zero-order valence-electron chi connectivity index (χ0n) is 18.2. The number of aryl methyl sites for hydroxylation is 1. The van der Waals surface area contributed by atoms with Crippen LogP contribution in [0, 0.1) is 12.7 Å². The van der Waals surface area contributed by atoms with Gasteiger partial charge in [0.15, 0.2) is 0 Å². The van der Waals surface area contributed by atoms with Crippen LogP contribution in [0.3, 0.4) is 0 Å². The molecule has 0 radical (unpaired) electrons. The number of methoxy groups -OCH3 is 1. The summed E-state index contributed by atoms with van der Waals surface area (Å²) in [6, 6.07) is 19.5. The van der Waals surface area contributed by atoms with Gasteiger partial charge in [0.1, 0.15) is 23.8 Å². The van der Waals surface area contributed by atoms with Crippen molar-refractivity contribution >= 4 is 33.4 Å². The second-order valence-corrected chi connectivity index (χ2v) is 7.83. The standard InChI is InChI=1S/C26H21FN4O2/c1-16-6-8-17(9-7-16)25-22-14-28-23-11-10-20(33-2)13-21(23)26(22)31(30-25)15-24(32)29-19-5-3-4-18(27)12-19/h3-14H,15H2,1-2H3,(H,29,32). The van der Waals surface area contributed by atoms with Crippen LogP contribution in [0.2, 0.25) is 0 Å². The predicted molar refractivity (Wildman–Crippen MR) is 127 cm³/mol. The van der Waals surface area contributed by atoms with Gasteiger partial charge >= 0.3 is 0 Å². The van der Waals surface area contributed by atoms with Crippen molar-refractivity contribution in [2.45, 2.75) is 13.5 Å². The lowest BCUT2D eigenvalue weighted by Gasteiger charge is -2.08. The summed E-state index contributed by atoms with van der Waals surface area (Å²) in [6.45, 7) is 1.98. The van der Waals surface area contributed by atoms with E-state index in [1.54, 1.807) is 30.1 Å². The molecule has 0 aliphatic rings. The molecule has 0 saturated carbocycles. The molecule has 1 amide bonds. The average molecular weight is 440 g/mol. The van der Waals surface area contributed by atoms with Gasteiger partial charge in [-0.2, -0.15) is 5.10 Å². The predicted octanol–water partition coefficient (Wildman–Crippen LogP) is 5.35. The van der Waals surface area contributed by atoms with E-state index in [1.807, 2.05) is 49.4 Å². The van der Waals surface area contributed by atoms with Crippen molar-refractivity contribution in [1.29, 1.82) is 0 Å². The van der Waals surface area contributed by atoms with E-state index in [2.05, 4.69) is 10.3 Å². The highest BCUT2D eigenvalue weighted by Gasteiger charge is 2.18. The Labute approximate surface area is 189 Å². The van der Waals surface area contributed by atoms with Gasteiger partial charge in [-0.25, -0.2) is 4.39 Å². The summed E-state index contributed by atoms with van der Waals surface area (Å²) in [4.78, 5) is 17.5. The SMILES string of the molecule is COc1ccc2ncc3c(-c4ccc(C)cc4)nn(CC(=O)Nc4cccc(F)c4)c3c2c1. The monoisotopic (exact) mass is 440 g/mol. The summed E-state index contributed by atoms with van der Waals surface area (Å²) in [5.41, 5.74) is 4.75. The fourth-order valence-electron chi connectivity index (χ4n) is 3.90. The van der Waals surface area contributed by atoms with Gasteiger partial charge < -0.3 is 10.1 Å². The molecule has 1 N–H and O–H groups in total. The number of anilines is 1. The summed E-state index contributed by atoms with van der Waals surface area (Å²) in [5.74, 6) is -0.0397. The molecule has 0 unspecified atom stereocenters. The van der Waals surface area contributed by atoms with Crippen LogP contribution in [0.1, 0.15) is 5.56 Å². The Hall–Kier alpha value is -4.26. The van der Waals surface area contributed by atoms with Crippen molar-refractivity contribution in [3.8, 4) is 17.0 Å². The van der Waals surface area contributed by atoms with Gasteiger partial charge in [0, 0.05) is 28.2 Å². The second kappa shape index (κ2) is 8.35. The van der Waals surface area contributed by atoms with Crippen LogP contribution < -0.4 is 10.1 Å². The molecule has 0 saturated heterocycles. The minimum Gasteiger partial charge on any atom is -0.497 e. The van der Waals surface area contributed by atoms with E-state index in [0.29, 0.717) is 11.4 Å². The van der Waals surface area contributed by atoms with Gasteiger partial charge in [-0.05, 0) is 43.3 Å². The molecule has 5 aromatic rings. The molecule has 3 aromatic carbocycles. The van der Waals surface area contributed by atoms with Crippen molar-refractivity contribution < 1.29 is 13.9 Å². The third-order valence-corrected chi connectivity index (χ3v) is 5.51. The number of hydrogen-bond donors (Lipinski definition) is 1. The molecular formula is C26H21FN4O2. The summed E-state index contributed by atoms with van der Waals surface area (Å²) < 4.78 is 20.6. The van der Waals surface area contributed by atoms with Crippen LogP contribution in [0.25, 0.3) is 33.1 Å². The van der Waals surface area contributed by atoms with Crippen molar-refractivity contribution in [2.75, 3.05) is 12.4 Å². The molecule has 5 rings (SSSR count). The topological polar surface area (TPSA) is 69.0 Å². The number of amides is 1. The maximum Gasteiger partial charge on any atom is 0.246 e. The van der Waals surface area contributed by atoms with E-state index in [4.69, 9.17) is 9.84 Å². The van der Waals surface area contributed by atoms with E-state index < -0.39 is 5.82 Å². The number of halogens is 1. The highest BCUT2D eigenvalue weighted by Crippen LogP contribution is 2.33. The Bertz CT molecular complexity index is 1490. The zero-order valence-corrected chi connectivity index (χ0v) is 18.2. The Balaban J connectivity index is 1.64. The Morgan fingerprint density at radius 3 is 2.64 bits per heavy atom. The lowest BCUT2D eigenvalue weighted by molar-refractivity contribution is -0.116. The van der Waals surface area contributed by atoms with Crippen LogP contribution in [0.4, 0.5) is 10.1 Å². The molecule has 0 aliphatic heterocycles. The average Bonchev–Trinajstić information content (AvgIpc) is 3.17. The third kappa shape index (κ3) is 4.01. The molecule has 33 heavy (non-hydrogen) atoms. The molecule has 2 heterocycles. The number of aromatic nitrogens is 3. The summed E-state index contributed by atoms with van der Waals surface area (Å²) in [6.07, 6.45) is 1.79. The van der Waals surface area contributed by atoms with E-state index in [9.17, 15) is 9.18 Å². The van der Waals surface area contributed by atoms with Gasteiger partial charge in [-0.15, -0.1) is 0 Å². The number of hydrogen-bond acceptors (Lipinski definition) is 4. The van der Waals surface area contributed by atoms with E-state index in [1.165, 1.54) is 12.1 Å². The van der Waals surface area contributed by atoms with E-state index >= 15 is 0 Å². The Morgan fingerprint density at radius 2 is 1.88 bits per heavy atom. The molecule has 0 atom stereocenters. The lowest BCUT2D eigenvalue weighted by atomic mass is 10.1.